The summed E-state index contributed by atoms with van der Waals surface area (Å²) in [6, 6.07) is 9.01. The van der Waals surface area contributed by atoms with Crippen molar-refractivity contribution < 1.29 is 27.9 Å². The maximum atomic E-state index is 14.0. The second-order valence-corrected chi connectivity index (χ2v) is 7.46. The Balaban J connectivity index is 1.77. The third-order valence-electron chi connectivity index (χ3n) is 5.66. The number of hydrogen-bond donors (Lipinski definition) is 1. The van der Waals surface area contributed by atoms with E-state index in [1.165, 1.54) is 48.4 Å². The van der Waals surface area contributed by atoms with Gasteiger partial charge in [0.2, 0.25) is 5.91 Å². The molecule has 1 fully saturated rings. The maximum absolute atomic E-state index is 14.0. The van der Waals surface area contributed by atoms with E-state index in [0.717, 1.165) is 4.90 Å². The number of imide groups is 1. The van der Waals surface area contributed by atoms with Gasteiger partial charge in [0.05, 0.1) is 7.11 Å². The number of urea groups is 1. The summed E-state index contributed by atoms with van der Waals surface area (Å²) in [4.78, 5) is 41.0. The van der Waals surface area contributed by atoms with Crippen LogP contribution >= 0.6 is 0 Å². The number of carbonyl (C=O) groups excluding carboxylic acids is 3. The fraction of sp³-hybridized carbons (Fsp3) is 0.348. The molecule has 1 aliphatic heterocycles. The average molecular weight is 445 g/mol. The van der Waals surface area contributed by atoms with E-state index in [9.17, 15) is 23.2 Å². The zero-order valence-electron chi connectivity index (χ0n) is 18.2. The quantitative estimate of drug-likeness (QED) is 0.633. The van der Waals surface area contributed by atoms with Crippen LogP contribution in [0.25, 0.3) is 0 Å². The highest BCUT2D eigenvalue weighted by Crippen LogP contribution is 2.32. The number of hydrogen-bond acceptors (Lipinski definition) is 4. The Kier molecular flexibility index (Phi) is 6.76. The van der Waals surface area contributed by atoms with Crippen molar-refractivity contribution in [3.63, 3.8) is 0 Å². The van der Waals surface area contributed by atoms with Crippen LogP contribution < -0.4 is 10.1 Å². The Morgan fingerprint density at radius 2 is 1.81 bits per heavy atom. The largest absolute Gasteiger partial charge is 0.494 e. The molecule has 1 atom stereocenters. The van der Waals surface area contributed by atoms with Gasteiger partial charge in [0, 0.05) is 13.1 Å². The fourth-order valence-corrected chi connectivity index (χ4v) is 3.78. The molecular weight excluding hydrogens is 420 g/mol. The summed E-state index contributed by atoms with van der Waals surface area (Å²) in [5.41, 5.74) is -0.373. The molecule has 1 N–H and O–H groups in total. The molecule has 0 aromatic heterocycles. The summed E-state index contributed by atoms with van der Waals surface area (Å²) in [6.07, 6.45) is 0.233. The van der Waals surface area contributed by atoms with Gasteiger partial charge in [-0.25, -0.2) is 13.6 Å². The van der Waals surface area contributed by atoms with E-state index in [1.807, 2.05) is 0 Å². The average Bonchev–Trinajstić information content (AvgIpc) is 3.03. The topological polar surface area (TPSA) is 79.0 Å². The number of likely N-dealkylation sites (N-methyl/N-ethyl adjacent to an activating group) is 1. The Bertz CT molecular complexity index is 1030. The first kappa shape index (κ1) is 23.2. The number of nitrogens with zero attached hydrogens (tertiary/aromatic N) is 2. The van der Waals surface area contributed by atoms with Crippen molar-refractivity contribution in [2.24, 2.45) is 0 Å². The van der Waals surface area contributed by atoms with Crippen LogP contribution in [0, 0.1) is 11.6 Å². The SMILES string of the molecule is CCN(Cc1ccc(OC)c(F)c1)C(=O)CN1C(=O)NC(CC)(c2ccc(F)cc2)C1=O. The Labute approximate surface area is 184 Å². The molecule has 1 saturated heterocycles. The Morgan fingerprint density at radius 1 is 1.12 bits per heavy atom. The molecule has 32 heavy (non-hydrogen) atoms. The van der Waals surface area contributed by atoms with Gasteiger partial charge in [-0.05, 0) is 48.7 Å². The van der Waals surface area contributed by atoms with Gasteiger partial charge in [-0.2, -0.15) is 0 Å². The number of ether oxygens (including phenoxy) is 1. The lowest BCUT2D eigenvalue weighted by atomic mass is 9.87. The lowest BCUT2D eigenvalue weighted by Crippen LogP contribution is -2.45. The summed E-state index contributed by atoms with van der Waals surface area (Å²) >= 11 is 0. The maximum Gasteiger partial charge on any atom is 0.325 e. The molecular formula is C23H25F2N3O4. The highest BCUT2D eigenvalue weighted by atomic mass is 19.1. The van der Waals surface area contributed by atoms with Gasteiger partial charge in [-0.15, -0.1) is 0 Å². The molecule has 0 radical (unpaired) electrons. The van der Waals surface area contributed by atoms with Gasteiger partial charge in [0.1, 0.15) is 17.9 Å². The first-order valence-electron chi connectivity index (χ1n) is 10.3. The van der Waals surface area contributed by atoms with Gasteiger partial charge >= 0.3 is 6.03 Å². The Hall–Kier alpha value is -3.49. The number of methoxy groups -OCH3 is 1. The van der Waals surface area contributed by atoms with E-state index in [0.29, 0.717) is 17.7 Å². The summed E-state index contributed by atoms with van der Waals surface area (Å²) in [6.45, 7) is 3.42. The van der Waals surface area contributed by atoms with Crippen LogP contribution in [0.5, 0.6) is 5.75 Å². The third-order valence-corrected chi connectivity index (χ3v) is 5.66. The van der Waals surface area contributed by atoms with Gasteiger partial charge in [-0.1, -0.05) is 25.1 Å². The summed E-state index contributed by atoms with van der Waals surface area (Å²) < 4.78 is 32.2. The van der Waals surface area contributed by atoms with Crippen LogP contribution in [0.3, 0.4) is 0 Å². The zero-order valence-corrected chi connectivity index (χ0v) is 18.2. The van der Waals surface area contributed by atoms with Gasteiger partial charge in [-0.3, -0.25) is 14.5 Å². The molecule has 3 rings (SSSR count). The van der Waals surface area contributed by atoms with E-state index in [-0.39, 0.29) is 18.7 Å². The van der Waals surface area contributed by atoms with Crippen LogP contribution in [-0.2, 0) is 21.7 Å². The first-order valence-corrected chi connectivity index (χ1v) is 10.3. The minimum atomic E-state index is -1.36. The molecule has 4 amide bonds. The highest BCUT2D eigenvalue weighted by Gasteiger charge is 2.51. The molecule has 170 valence electrons. The first-order chi connectivity index (χ1) is 15.2. The fourth-order valence-electron chi connectivity index (χ4n) is 3.78. The van der Waals surface area contributed by atoms with Crippen molar-refractivity contribution in [1.29, 1.82) is 0 Å². The summed E-state index contributed by atoms with van der Waals surface area (Å²) in [5.74, 6) is -1.94. The molecule has 0 saturated carbocycles. The van der Waals surface area contributed by atoms with Crippen molar-refractivity contribution in [3.8, 4) is 5.75 Å². The van der Waals surface area contributed by atoms with Crippen molar-refractivity contribution in [2.45, 2.75) is 32.4 Å². The molecule has 0 aliphatic carbocycles. The van der Waals surface area contributed by atoms with Gasteiger partial charge in [0.15, 0.2) is 11.6 Å². The van der Waals surface area contributed by atoms with Crippen LogP contribution in [0.4, 0.5) is 13.6 Å². The number of rotatable bonds is 8. The molecule has 1 unspecified atom stereocenters. The molecule has 2 aromatic carbocycles. The number of carbonyl (C=O) groups is 3. The van der Waals surface area contributed by atoms with E-state index < -0.39 is 41.6 Å². The van der Waals surface area contributed by atoms with Crippen molar-refractivity contribution >= 4 is 17.8 Å². The van der Waals surface area contributed by atoms with Crippen LogP contribution in [0.15, 0.2) is 42.5 Å². The van der Waals surface area contributed by atoms with Gasteiger partial charge in [0.25, 0.3) is 5.91 Å². The number of nitrogens with one attached hydrogen (secondary N) is 1. The zero-order chi connectivity index (χ0) is 23.5. The van der Waals surface area contributed by atoms with Crippen molar-refractivity contribution in [3.05, 3.63) is 65.2 Å². The van der Waals surface area contributed by atoms with Crippen molar-refractivity contribution in [2.75, 3.05) is 20.2 Å². The molecule has 1 heterocycles. The smallest absolute Gasteiger partial charge is 0.325 e. The molecule has 1 aliphatic rings. The van der Waals surface area contributed by atoms with E-state index in [1.54, 1.807) is 19.9 Å². The minimum absolute atomic E-state index is 0.0964. The Morgan fingerprint density at radius 3 is 2.38 bits per heavy atom. The highest BCUT2D eigenvalue weighted by molar-refractivity contribution is 6.09. The number of halogens is 2. The molecule has 7 nitrogen and oxygen atoms in total. The lowest BCUT2D eigenvalue weighted by molar-refractivity contribution is -0.139. The molecule has 9 heteroatoms. The van der Waals surface area contributed by atoms with Crippen LogP contribution in [-0.4, -0.2) is 47.8 Å². The van der Waals surface area contributed by atoms with E-state index in [2.05, 4.69) is 5.32 Å². The predicted octanol–water partition coefficient (Wildman–Crippen LogP) is 3.18. The monoisotopic (exact) mass is 445 g/mol. The third kappa shape index (κ3) is 4.28. The number of amides is 4. The standard InChI is InChI=1S/C23H25F2N3O4/c1-4-23(16-7-9-17(24)10-8-16)21(30)28(22(31)26-23)14-20(29)27(5-2)13-15-6-11-19(32-3)18(25)12-15/h6-12H,4-5,13-14H2,1-3H3,(H,26,31). The predicted molar refractivity (Wildman–Crippen MR) is 113 cm³/mol. The second-order valence-electron chi connectivity index (χ2n) is 7.46. The minimum Gasteiger partial charge on any atom is -0.494 e. The molecule has 2 aromatic rings. The summed E-state index contributed by atoms with van der Waals surface area (Å²) in [5, 5.41) is 2.67. The van der Waals surface area contributed by atoms with E-state index >= 15 is 0 Å². The van der Waals surface area contributed by atoms with Crippen molar-refractivity contribution in [1.82, 2.24) is 15.1 Å². The van der Waals surface area contributed by atoms with Crippen LogP contribution in [0.1, 0.15) is 31.4 Å². The lowest BCUT2D eigenvalue weighted by Gasteiger charge is -2.26. The summed E-state index contributed by atoms with van der Waals surface area (Å²) in [7, 11) is 1.36. The van der Waals surface area contributed by atoms with Crippen LogP contribution in [0.2, 0.25) is 0 Å². The van der Waals surface area contributed by atoms with E-state index in [4.69, 9.17) is 4.74 Å². The normalized spacial score (nSPS) is 18.0. The molecule has 0 spiro atoms. The van der Waals surface area contributed by atoms with Gasteiger partial charge < -0.3 is 15.0 Å². The molecule has 0 bridgehead atoms. The number of benzene rings is 2. The second kappa shape index (κ2) is 9.33.